The van der Waals surface area contributed by atoms with Crippen LogP contribution in [0.5, 0.6) is 0 Å². The smallest absolute Gasteiger partial charge is 0.259 e. The Bertz CT molecular complexity index is 835. The van der Waals surface area contributed by atoms with Crippen LogP contribution >= 0.6 is 0 Å². The van der Waals surface area contributed by atoms with E-state index in [1.165, 1.54) is 0 Å². The minimum absolute atomic E-state index is 0.0904. The number of anilines is 1. The van der Waals surface area contributed by atoms with Crippen molar-refractivity contribution >= 4 is 11.7 Å². The molecular formula is C20H21N5O. The predicted octanol–water partition coefficient (Wildman–Crippen LogP) is 2.75. The third kappa shape index (κ3) is 4.29. The third-order valence-electron chi connectivity index (χ3n) is 3.89. The van der Waals surface area contributed by atoms with Crippen molar-refractivity contribution in [3.8, 4) is 11.4 Å². The first-order valence-corrected chi connectivity index (χ1v) is 8.42. The number of carbonyl (C=O) groups excluding carboxylic acids is 1. The zero-order valence-electron chi connectivity index (χ0n) is 14.9. The summed E-state index contributed by atoms with van der Waals surface area (Å²) in [5, 5.41) is 8.53. The van der Waals surface area contributed by atoms with Crippen LogP contribution in [0, 0.1) is 0 Å². The zero-order chi connectivity index (χ0) is 18.4. The number of likely N-dealkylation sites (N-methyl/N-ethyl adjacent to an activating group) is 1. The molecule has 0 saturated carbocycles. The molecule has 0 unspecified atom stereocenters. The fourth-order valence-corrected chi connectivity index (χ4v) is 2.48. The van der Waals surface area contributed by atoms with Crippen molar-refractivity contribution < 1.29 is 4.79 Å². The molecule has 26 heavy (non-hydrogen) atoms. The molecule has 2 aromatic heterocycles. The molecule has 3 rings (SSSR count). The summed E-state index contributed by atoms with van der Waals surface area (Å²) in [4.78, 5) is 20.9. The number of benzene rings is 1. The van der Waals surface area contributed by atoms with Gasteiger partial charge in [0.25, 0.3) is 5.91 Å². The molecule has 1 aromatic carbocycles. The SMILES string of the molecule is CN(C)CCN(C(=O)c1ccccc1)c1ccc(-c2ccccn2)nn1. The van der Waals surface area contributed by atoms with Crippen molar-refractivity contribution in [3.63, 3.8) is 0 Å². The van der Waals surface area contributed by atoms with Crippen LogP contribution in [0.4, 0.5) is 5.82 Å². The fourth-order valence-electron chi connectivity index (χ4n) is 2.48. The van der Waals surface area contributed by atoms with Crippen LogP contribution in [-0.2, 0) is 0 Å². The van der Waals surface area contributed by atoms with E-state index in [0.29, 0.717) is 23.6 Å². The molecule has 3 aromatic rings. The van der Waals surface area contributed by atoms with E-state index in [-0.39, 0.29) is 5.91 Å². The summed E-state index contributed by atoms with van der Waals surface area (Å²) in [7, 11) is 3.95. The predicted molar refractivity (Wildman–Crippen MR) is 102 cm³/mol. The molecule has 0 N–H and O–H groups in total. The van der Waals surface area contributed by atoms with Gasteiger partial charge in [0, 0.05) is 24.8 Å². The van der Waals surface area contributed by atoms with Crippen LogP contribution in [0.15, 0.2) is 66.9 Å². The topological polar surface area (TPSA) is 62.2 Å². The Morgan fingerprint density at radius 2 is 1.62 bits per heavy atom. The summed E-state index contributed by atoms with van der Waals surface area (Å²) < 4.78 is 0. The molecule has 0 bridgehead atoms. The van der Waals surface area contributed by atoms with Gasteiger partial charge in [-0.1, -0.05) is 24.3 Å². The summed E-state index contributed by atoms with van der Waals surface area (Å²) in [6.07, 6.45) is 1.72. The van der Waals surface area contributed by atoms with Crippen LogP contribution < -0.4 is 4.90 Å². The first-order chi connectivity index (χ1) is 12.6. The average Bonchev–Trinajstić information content (AvgIpc) is 2.69. The summed E-state index contributed by atoms with van der Waals surface area (Å²) in [6.45, 7) is 1.25. The number of carbonyl (C=O) groups is 1. The highest BCUT2D eigenvalue weighted by molar-refractivity contribution is 6.05. The molecule has 1 amide bonds. The summed E-state index contributed by atoms with van der Waals surface area (Å²) in [5.74, 6) is 0.438. The highest BCUT2D eigenvalue weighted by Gasteiger charge is 2.19. The lowest BCUT2D eigenvalue weighted by atomic mass is 10.2. The minimum atomic E-state index is -0.0904. The van der Waals surface area contributed by atoms with Crippen molar-refractivity contribution in [2.24, 2.45) is 0 Å². The van der Waals surface area contributed by atoms with Gasteiger partial charge in [-0.25, -0.2) is 0 Å². The van der Waals surface area contributed by atoms with Crippen LogP contribution in [0.2, 0.25) is 0 Å². The number of nitrogens with zero attached hydrogens (tertiary/aromatic N) is 5. The fraction of sp³-hybridized carbons (Fsp3) is 0.200. The molecule has 0 aliphatic heterocycles. The Kier molecular flexibility index (Phi) is 5.66. The van der Waals surface area contributed by atoms with Gasteiger partial charge in [0.1, 0.15) is 5.69 Å². The maximum Gasteiger partial charge on any atom is 0.259 e. The Morgan fingerprint density at radius 1 is 0.846 bits per heavy atom. The van der Waals surface area contributed by atoms with Gasteiger partial charge in [-0.15, -0.1) is 10.2 Å². The number of hydrogen-bond acceptors (Lipinski definition) is 5. The molecule has 0 spiro atoms. The first-order valence-electron chi connectivity index (χ1n) is 8.42. The van der Waals surface area contributed by atoms with Crippen molar-refractivity contribution in [1.29, 1.82) is 0 Å². The van der Waals surface area contributed by atoms with E-state index in [9.17, 15) is 4.79 Å². The molecular weight excluding hydrogens is 326 g/mol. The molecule has 6 nitrogen and oxygen atoms in total. The second-order valence-electron chi connectivity index (χ2n) is 6.12. The molecule has 0 aliphatic rings. The van der Waals surface area contributed by atoms with E-state index < -0.39 is 0 Å². The van der Waals surface area contributed by atoms with Gasteiger partial charge in [-0.2, -0.15) is 0 Å². The molecule has 6 heteroatoms. The normalized spacial score (nSPS) is 10.7. The molecule has 0 atom stereocenters. The van der Waals surface area contributed by atoms with Gasteiger partial charge in [0.2, 0.25) is 0 Å². The highest BCUT2D eigenvalue weighted by atomic mass is 16.2. The molecule has 0 fully saturated rings. The van der Waals surface area contributed by atoms with Crippen LogP contribution in [-0.4, -0.2) is 53.2 Å². The van der Waals surface area contributed by atoms with E-state index in [4.69, 9.17) is 0 Å². The van der Waals surface area contributed by atoms with Gasteiger partial charge in [0.15, 0.2) is 5.82 Å². The van der Waals surface area contributed by atoms with Crippen molar-refractivity contribution in [2.45, 2.75) is 0 Å². The molecule has 0 radical (unpaired) electrons. The van der Waals surface area contributed by atoms with E-state index in [2.05, 4.69) is 15.2 Å². The lowest BCUT2D eigenvalue weighted by Gasteiger charge is -2.23. The maximum atomic E-state index is 12.9. The highest BCUT2D eigenvalue weighted by Crippen LogP contribution is 2.18. The van der Waals surface area contributed by atoms with Gasteiger partial charge in [-0.3, -0.25) is 14.7 Å². The van der Waals surface area contributed by atoms with E-state index in [1.54, 1.807) is 23.2 Å². The summed E-state index contributed by atoms with van der Waals surface area (Å²) >= 11 is 0. The van der Waals surface area contributed by atoms with E-state index in [1.807, 2.05) is 67.5 Å². The lowest BCUT2D eigenvalue weighted by Crippen LogP contribution is -2.37. The third-order valence-corrected chi connectivity index (χ3v) is 3.89. The largest absolute Gasteiger partial charge is 0.308 e. The number of aromatic nitrogens is 3. The Hall–Kier alpha value is -3.12. The summed E-state index contributed by atoms with van der Waals surface area (Å²) in [5.41, 5.74) is 2.05. The number of rotatable bonds is 6. The minimum Gasteiger partial charge on any atom is -0.308 e. The van der Waals surface area contributed by atoms with Gasteiger partial charge >= 0.3 is 0 Å². The lowest BCUT2D eigenvalue weighted by molar-refractivity contribution is 0.0984. The quantitative estimate of drug-likeness (QED) is 0.686. The Labute approximate surface area is 153 Å². The summed E-state index contributed by atoms with van der Waals surface area (Å²) in [6, 6.07) is 18.5. The maximum absolute atomic E-state index is 12.9. The number of amides is 1. The van der Waals surface area contributed by atoms with Crippen LogP contribution in [0.1, 0.15) is 10.4 Å². The molecule has 132 valence electrons. The standard InChI is InChI=1S/C20H21N5O/c1-24(2)14-15-25(20(26)16-8-4-3-5-9-16)19-12-11-18(22-23-19)17-10-6-7-13-21-17/h3-13H,14-15H2,1-2H3. The van der Waals surface area contributed by atoms with Gasteiger partial charge in [-0.05, 0) is 50.5 Å². The Morgan fingerprint density at radius 3 is 2.23 bits per heavy atom. The number of pyridine rings is 1. The van der Waals surface area contributed by atoms with Crippen molar-refractivity contribution in [3.05, 3.63) is 72.4 Å². The van der Waals surface area contributed by atoms with Crippen molar-refractivity contribution in [1.82, 2.24) is 20.1 Å². The van der Waals surface area contributed by atoms with E-state index >= 15 is 0 Å². The van der Waals surface area contributed by atoms with Crippen LogP contribution in [0.25, 0.3) is 11.4 Å². The molecule has 0 saturated heterocycles. The number of hydrogen-bond donors (Lipinski definition) is 0. The monoisotopic (exact) mass is 347 g/mol. The second-order valence-corrected chi connectivity index (χ2v) is 6.12. The van der Waals surface area contributed by atoms with Gasteiger partial charge < -0.3 is 4.90 Å². The van der Waals surface area contributed by atoms with E-state index in [0.717, 1.165) is 12.2 Å². The molecule has 2 heterocycles. The van der Waals surface area contributed by atoms with Crippen molar-refractivity contribution in [2.75, 3.05) is 32.1 Å². The zero-order valence-corrected chi connectivity index (χ0v) is 14.9. The first kappa shape index (κ1) is 17.7. The second kappa shape index (κ2) is 8.31. The van der Waals surface area contributed by atoms with Gasteiger partial charge in [0.05, 0.1) is 5.69 Å². The van der Waals surface area contributed by atoms with Crippen LogP contribution in [0.3, 0.4) is 0 Å². The molecule has 0 aliphatic carbocycles. The average molecular weight is 347 g/mol. The Balaban J connectivity index is 1.87.